The van der Waals surface area contributed by atoms with E-state index in [4.69, 9.17) is 0 Å². The second kappa shape index (κ2) is 7.30. The number of aromatic amines is 1. The molecule has 4 aromatic rings. The van der Waals surface area contributed by atoms with E-state index in [0.717, 1.165) is 27.6 Å². The molecule has 148 valence electrons. The van der Waals surface area contributed by atoms with Gasteiger partial charge in [0.15, 0.2) is 0 Å². The Balaban J connectivity index is 1.59. The molecular weight excluding hydrogens is 372 g/mol. The van der Waals surface area contributed by atoms with Crippen molar-refractivity contribution in [1.82, 2.24) is 9.88 Å². The van der Waals surface area contributed by atoms with Crippen molar-refractivity contribution in [3.8, 4) is 0 Å². The van der Waals surface area contributed by atoms with Gasteiger partial charge in [-0.05, 0) is 46.7 Å². The maximum atomic E-state index is 13.8. The Hall–Kier alpha value is -3.66. The van der Waals surface area contributed by atoms with Crippen LogP contribution in [-0.2, 0) is 28.0 Å². The zero-order chi connectivity index (χ0) is 20.6. The lowest BCUT2D eigenvalue weighted by molar-refractivity contribution is -0.140. The lowest BCUT2D eigenvalue weighted by Gasteiger charge is -2.28. The maximum Gasteiger partial charge on any atom is 0.241 e. The van der Waals surface area contributed by atoms with Crippen LogP contribution in [0, 0.1) is 0 Å². The molecule has 1 aliphatic heterocycles. The molecule has 1 aliphatic rings. The standard InChI is InChI=1S/C26H22N2O2/c29-24-17-26(16-19-7-3-1-4-8-19,22-11-12-23-21(15-22)13-14-27-23)25(30)28(24)18-20-9-5-2-6-10-20/h1-15,27H,16-18H2. The third-order valence-corrected chi connectivity index (χ3v) is 6.05. The van der Waals surface area contributed by atoms with Gasteiger partial charge in [0, 0.05) is 18.1 Å². The zero-order valence-electron chi connectivity index (χ0n) is 16.5. The normalized spacial score (nSPS) is 19.0. The third kappa shape index (κ3) is 3.11. The van der Waals surface area contributed by atoms with Crippen LogP contribution in [-0.4, -0.2) is 21.7 Å². The van der Waals surface area contributed by atoms with Gasteiger partial charge in [-0.15, -0.1) is 0 Å². The van der Waals surface area contributed by atoms with E-state index in [9.17, 15) is 9.59 Å². The fraction of sp³-hybridized carbons (Fsp3) is 0.154. The minimum atomic E-state index is -0.890. The van der Waals surface area contributed by atoms with Crippen LogP contribution in [0.2, 0.25) is 0 Å². The molecule has 3 aromatic carbocycles. The van der Waals surface area contributed by atoms with E-state index >= 15 is 0 Å². The number of imide groups is 1. The molecule has 30 heavy (non-hydrogen) atoms. The number of nitrogens with one attached hydrogen (secondary N) is 1. The second-order valence-corrected chi connectivity index (χ2v) is 7.97. The lowest BCUT2D eigenvalue weighted by atomic mass is 9.74. The molecule has 5 rings (SSSR count). The van der Waals surface area contributed by atoms with Gasteiger partial charge < -0.3 is 4.98 Å². The zero-order valence-corrected chi connectivity index (χ0v) is 16.5. The molecule has 0 aliphatic carbocycles. The van der Waals surface area contributed by atoms with Crippen LogP contribution >= 0.6 is 0 Å². The van der Waals surface area contributed by atoms with E-state index in [1.807, 2.05) is 91.1 Å². The van der Waals surface area contributed by atoms with Crippen molar-refractivity contribution in [2.75, 3.05) is 0 Å². The molecule has 0 radical (unpaired) electrons. The fourth-order valence-corrected chi connectivity index (χ4v) is 4.49. The number of likely N-dealkylation sites (tertiary alicyclic amines) is 1. The maximum absolute atomic E-state index is 13.8. The first-order valence-electron chi connectivity index (χ1n) is 10.2. The van der Waals surface area contributed by atoms with Crippen LogP contribution in [0.5, 0.6) is 0 Å². The number of hydrogen-bond acceptors (Lipinski definition) is 2. The van der Waals surface area contributed by atoms with E-state index < -0.39 is 5.41 Å². The first kappa shape index (κ1) is 18.4. The molecule has 0 spiro atoms. The van der Waals surface area contributed by atoms with Gasteiger partial charge in [0.05, 0.1) is 12.0 Å². The predicted molar refractivity (Wildman–Crippen MR) is 117 cm³/mol. The quantitative estimate of drug-likeness (QED) is 0.503. The summed E-state index contributed by atoms with van der Waals surface area (Å²) in [6, 6.07) is 27.7. The summed E-state index contributed by atoms with van der Waals surface area (Å²) >= 11 is 0. The summed E-state index contributed by atoms with van der Waals surface area (Å²) in [6.45, 7) is 0.307. The molecule has 1 N–H and O–H groups in total. The van der Waals surface area contributed by atoms with Crippen molar-refractivity contribution < 1.29 is 9.59 Å². The van der Waals surface area contributed by atoms with Gasteiger partial charge in [-0.3, -0.25) is 14.5 Å². The summed E-state index contributed by atoms with van der Waals surface area (Å²) in [4.78, 5) is 31.5. The Kier molecular flexibility index (Phi) is 4.47. The summed E-state index contributed by atoms with van der Waals surface area (Å²) in [5, 5.41) is 1.04. The number of fused-ring (bicyclic) bond motifs is 1. The van der Waals surface area contributed by atoms with E-state index in [2.05, 4.69) is 4.98 Å². The van der Waals surface area contributed by atoms with Crippen molar-refractivity contribution in [2.45, 2.75) is 24.8 Å². The van der Waals surface area contributed by atoms with Crippen LogP contribution in [0.4, 0.5) is 0 Å². The highest BCUT2D eigenvalue weighted by molar-refractivity contribution is 6.09. The Labute approximate surface area is 175 Å². The minimum absolute atomic E-state index is 0.116. The van der Waals surface area contributed by atoms with Crippen LogP contribution in [0.3, 0.4) is 0 Å². The first-order valence-corrected chi connectivity index (χ1v) is 10.2. The van der Waals surface area contributed by atoms with E-state index in [0.29, 0.717) is 13.0 Å². The molecule has 2 amide bonds. The van der Waals surface area contributed by atoms with E-state index in [1.165, 1.54) is 4.90 Å². The number of carbonyl (C=O) groups is 2. The summed E-state index contributed by atoms with van der Waals surface area (Å²) in [5.74, 6) is -0.232. The summed E-state index contributed by atoms with van der Waals surface area (Å²) in [6.07, 6.45) is 2.57. The minimum Gasteiger partial charge on any atom is -0.361 e. The smallest absolute Gasteiger partial charge is 0.241 e. The topological polar surface area (TPSA) is 53.2 Å². The molecule has 2 heterocycles. The second-order valence-electron chi connectivity index (χ2n) is 7.97. The number of amides is 2. The molecule has 4 heteroatoms. The molecule has 1 fully saturated rings. The largest absolute Gasteiger partial charge is 0.361 e. The van der Waals surface area contributed by atoms with E-state index in [-0.39, 0.29) is 18.2 Å². The van der Waals surface area contributed by atoms with Crippen molar-refractivity contribution in [3.05, 3.63) is 108 Å². The highest BCUT2D eigenvalue weighted by atomic mass is 16.2. The SMILES string of the molecule is O=C1CC(Cc2ccccc2)(c2ccc3[nH]ccc3c2)C(=O)N1Cc1ccccc1. The molecule has 4 nitrogen and oxygen atoms in total. The fourth-order valence-electron chi connectivity index (χ4n) is 4.49. The van der Waals surface area contributed by atoms with Gasteiger partial charge in [-0.25, -0.2) is 0 Å². The van der Waals surface area contributed by atoms with Crippen molar-refractivity contribution >= 4 is 22.7 Å². The van der Waals surface area contributed by atoms with Gasteiger partial charge in [-0.2, -0.15) is 0 Å². The number of benzene rings is 3. The molecule has 1 saturated heterocycles. The third-order valence-electron chi connectivity index (χ3n) is 6.05. The average Bonchev–Trinajstić information content (AvgIpc) is 3.34. The molecule has 1 aromatic heterocycles. The monoisotopic (exact) mass is 394 g/mol. The van der Waals surface area contributed by atoms with Gasteiger partial charge in [0.25, 0.3) is 0 Å². The van der Waals surface area contributed by atoms with Crippen LogP contribution < -0.4 is 0 Å². The summed E-state index contributed by atoms with van der Waals surface area (Å²) in [5.41, 5.74) is 3.03. The number of rotatable bonds is 5. The number of carbonyl (C=O) groups excluding carboxylic acids is 2. The van der Waals surface area contributed by atoms with Crippen LogP contribution in [0.1, 0.15) is 23.1 Å². The molecule has 1 atom stereocenters. The van der Waals surface area contributed by atoms with Gasteiger partial charge in [0.1, 0.15) is 0 Å². The number of nitrogens with zero attached hydrogens (tertiary/aromatic N) is 1. The van der Waals surface area contributed by atoms with Crippen molar-refractivity contribution in [3.63, 3.8) is 0 Å². The first-order chi connectivity index (χ1) is 14.7. The molecule has 0 bridgehead atoms. The van der Waals surface area contributed by atoms with Crippen LogP contribution in [0.15, 0.2) is 91.1 Å². The van der Waals surface area contributed by atoms with Crippen molar-refractivity contribution in [1.29, 1.82) is 0 Å². The number of H-pyrrole nitrogens is 1. The molecular formula is C26H22N2O2. The van der Waals surface area contributed by atoms with Gasteiger partial charge in [-0.1, -0.05) is 66.7 Å². The summed E-state index contributed by atoms with van der Waals surface area (Å²) in [7, 11) is 0. The summed E-state index contributed by atoms with van der Waals surface area (Å²) < 4.78 is 0. The van der Waals surface area contributed by atoms with Crippen LogP contribution in [0.25, 0.3) is 10.9 Å². The predicted octanol–water partition coefficient (Wildman–Crippen LogP) is 4.61. The Bertz CT molecular complexity index is 1210. The van der Waals surface area contributed by atoms with E-state index in [1.54, 1.807) is 0 Å². The average molecular weight is 394 g/mol. The van der Waals surface area contributed by atoms with Crippen molar-refractivity contribution in [2.24, 2.45) is 0 Å². The Morgan fingerprint density at radius 3 is 2.27 bits per heavy atom. The number of aromatic nitrogens is 1. The Morgan fingerprint density at radius 1 is 0.833 bits per heavy atom. The Morgan fingerprint density at radius 2 is 1.53 bits per heavy atom. The highest BCUT2D eigenvalue weighted by Crippen LogP contribution is 2.41. The number of hydrogen-bond donors (Lipinski definition) is 1. The molecule has 1 unspecified atom stereocenters. The van der Waals surface area contributed by atoms with Gasteiger partial charge >= 0.3 is 0 Å². The molecule has 0 saturated carbocycles. The highest BCUT2D eigenvalue weighted by Gasteiger charge is 2.52. The van der Waals surface area contributed by atoms with Gasteiger partial charge in [0.2, 0.25) is 11.8 Å². The lowest BCUT2D eigenvalue weighted by Crippen LogP contribution is -2.39.